The van der Waals surface area contributed by atoms with Crippen molar-refractivity contribution in [1.29, 1.82) is 0 Å². The summed E-state index contributed by atoms with van der Waals surface area (Å²) in [5.41, 5.74) is 8.99. The van der Waals surface area contributed by atoms with Gasteiger partial charge in [-0.3, -0.25) is 0 Å². The van der Waals surface area contributed by atoms with E-state index >= 15 is 0 Å². The molecule has 3 aromatic rings. The number of carbonyl (C=O) groups is 1. The molecule has 0 radical (unpaired) electrons. The molecule has 0 atom stereocenters. The molecule has 0 aromatic heterocycles. The fourth-order valence-corrected chi connectivity index (χ4v) is 4.77. The highest BCUT2D eigenvalue weighted by Crippen LogP contribution is 2.38. The Morgan fingerprint density at radius 2 is 1.32 bits per heavy atom. The van der Waals surface area contributed by atoms with Crippen LogP contribution in [0, 0.1) is 0 Å². The molecule has 0 saturated carbocycles. The second-order valence-corrected chi connectivity index (χ2v) is 8.57. The van der Waals surface area contributed by atoms with Gasteiger partial charge in [0.2, 0.25) is 0 Å². The Kier molecular flexibility index (Phi) is 7.84. The van der Waals surface area contributed by atoms with Gasteiger partial charge in [-0.05, 0) is 52.8 Å². The van der Waals surface area contributed by atoms with E-state index in [1.807, 2.05) is 30.3 Å². The van der Waals surface area contributed by atoms with Crippen LogP contribution >= 0.6 is 12.4 Å². The Morgan fingerprint density at radius 1 is 0.765 bits per heavy atom. The van der Waals surface area contributed by atoms with Crippen LogP contribution in [0.1, 0.15) is 35.1 Å². The average Bonchev–Trinajstić information content (AvgIpc) is 3.02. The molecule has 0 unspecified atom stereocenters. The number of hydrogen-bond donors (Lipinski definition) is 2. The van der Waals surface area contributed by atoms with Crippen LogP contribution in [-0.4, -0.2) is 37.1 Å². The summed E-state index contributed by atoms with van der Waals surface area (Å²) in [5, 5.41) is 5.85. The van der Waals surface area contributed by atoms with E-state index in [1.165, 1.54) is 33.4 Å². The number of nitrogens with zero attached hydrogens (tertiary/aromatic N) is 1. The molecule has 1 fully saturated rings. The summed E-state index contributed by atoms with van der Waals surface area (Å²) >= 11 is 0. The summed E-state index contributed by atoms with van der Waals surface area (Å²) in [5.74, 6) is 0. The van der Waals surface area contributed by atoms with Crippen molar-refractivity contribution in [3.8, 4) is 0 Å². The second kappa shape index (κ2) is 11.2. The zero-order valence-electron chi connectivity index (χ0n) is 19.2. The van der Waals surface area contributed by atoms with Crippen LogP contribution < -0.4 is 10.6 Å². The van der Waals surface area contributed by atoms with Crippen molar-refractivity contribution in [3.05, 3.63) is 107 Å². The van der Waals surface area contributed by atoms with E-state index < -0.39 is 0 Å². The summed E-state index contributed by atoms with van der Waals surface area (Å²) < 4.78 is 0. The number of fused-ring (bicyclic) bond motifs is 2. The standard InChI is InChI=1S/C29H29N3O.ClH/c33-29(31-25-10-2-1-3-11-25)30-18-21-32-19-16-24(17-20-32)28-26-12-6-4-8-22(26)14-15-23-9-5-7-13-27(23)28;/h1-15H,16-21H2,(H2,30,31,33);1H. The van der Waals surface area contributed by atoms with Crippen molar-refractivity contribution in [2.24, 2.45) is 0 Å². The second-order valence-electron chi connectivity index (χ2n) is 8.57. The highest BCUT2D eigenvalue weighted by Gasteiger charge is 2.22. The van der Waals surface area contributed by atoms with E-state index in [2.05, 4.69) is 76.2 Å². The minimum absolute atomic E-state index is 0. The number of para-hydroxylation sites is 1. The van der Waals surface area contributed by atoms with Crippen molar-refractivity contribution < 1.29 is 4.79 Å². The first kappa shape index (κ1) is 23.8. The maximum Gasteiger partial charge on any atom is 0.319 e. The third-order valence-corrected chi connectivity index (χ3v) is 6.46. The van der Waals surface area contributed by atoms with Crippen LogP contribution in [0.4, 0.5) is 10.5 Å². The Labute approximate surface area is 207 Å². The monoisotopic (exact) mass is 471 g/mol. The quantitative estimate of drug-likeness (QED) is 0.366. The highest BCUT2D eigenvalue weighted by molar-refractivity contribution is 5.95. The zero-order valence-corrected chi connectivity index (χ0v) is 20.0. The largest absolute Gasteiger partial charge is 0.337 e. The predicted octanol–water partition coefficient (Wildman–Crippen LogP) is 6.31. The van der Waals surface area contributed by atoms with Gasteiger partial charge in [0, 0.05) is 31.9 Å². The van der Waals surface area contributed by atoms with Crippen molar-refractivity contribution in [3.63, 3.8) is 0 Å². The first-order chi connectivity index (χ1) is 16.3. The number of carbonyl (C=O) groups excluding carboxylic acids is 1. The topological polar surface area (TPSA) is 44.4 Å². The van der Waals surface area contributed by atoms with Crippen LogP contribution in [0.2, 0.25) is 0 Å². The number of halogens is 1. The van der Waals surface area contributed by atoms with E-state index in [4.69, 9.17) is 0 Å². The van der Waals surface area contributed by atoms with Gasteiger partial charge in [0.05, 0.1) is 0 Å². The Morgan fingerprint density at radius 3 is 1.94 bits per heavy atom. The molecule has 2 N–H and O–H groups in total. The first-order valence-corrected chi connectivity index (χ1v) is 11.7. The smallest absolute Gasteiger partial charge is 0.319 e. The van der Waals surface area contributed by atoms with Gasteiger partial charge < -0.3 is 15.5 Å². The maximum atomic E-state index is 12.1. The lowest BCUT2D eigenvalue weighted by molar-refractivity contribution is 0.240. The molecule has 0 bridgehead atoms. The number of anilines is 1. The van der Waals surface area contributed by atoms with Gasteiger partial charge in [-0.15, -0.1) is 12.4 Å². The lowest BCUT2D eigenvalue weighted by Crippen LogP contribution is -2.39. The number of likely N-dealkylation sites (tertiary alicyclic amines) is 1. The van der Waals surface area contributed by atoms with E-state index in [0.29, 0.717) is 6.54 Å². The SMILES string of the molecule is Cl.O=C(NCCN1CCC(=C2c3ccccc3C=Cc3ccccc32)CC1)Nc1ccccc1. The van der Waals surface area contributed by atoms with Crippen molar-refractivity contribution in [1.82, 2.24) is 10.2 Å². The van der Waals surface area contributed by atoms with Crippen LogP contribution in [0.3, 0.4) is 0 Å². The third kappa shape index (κ3) is 5.41. The summed E-state index contributed by atoms with van der Waals surface area (Å²) in [6, 6.07) is 26.8. The van der Waals surface area contributed by atoms with Crippen molar-refractivity contribution in [2.45, 2.75) is 12.8 Å². The summed E-state index contributed by atoms with van der Waals surface area (Å²) in [6.07, 6.45) is 6.58. The molecular weight excluding hydrogens is 442 g/mol. The van der Waals surface area contributed by atoms with Gasteiger partial charge in [-0.2, -0.15) is 0 Å². The minimum atomic E-state index is -0.153. The summed E-state index contributed by atoms with van der Waals surface area (Å²) in [4.78, 5) is 14.6. The number of benzene rings is 3. The third-order valence-electron chi connectivity index (χ3n) is 6.46. The van der Waals surface area contributed by atoms with E-state index in [-0.39, 0.29) is 18.4 Å². The van der Waals surface area contributed by atoms with Gasteiger partial charge >= 0.3 is 6.03 Å². The number of amides is 2. The van der Waals surface area contributed by atoms with Crippen LogP contribution in [0.5, 0.6) is 0 Å². The number of piperidine rings is 1. The van der Waals surface area contributed by atoms with Crippen molar-refractivity contribution in [2.75, 3.05) is 31.5 Å². The molecule has 1 aliphatic heterocycles. The minimum Gasteiger partial charge on any atom is -0.337 e. The number of nitrogens with one attached hydrogen (secondary N) is 2. The van der Waals surface area contributed by atoms with Crippen LogP contribution in [-0.2, 0) is 0 Å². The molecule has 1 aliphatic carbocycles. The Bertz CT molecular complexity index is 1140. The molecule has 34 heavy (non-hydrogen) atoms. The molecule has 5 rings (SSSR count). The Balaban J connectivity index is 0.00000274. The molecule has 174 valence electrons. The fourth-order valence-electron chi connectivity index (χ4n) is 4.77. The maximum absolute atomic E-state index is 12.1. The first-order valence-electron chi connectivity index (χ1n) is 11.7. The molecule has 3 aromatic carbocycles. The highest BCUT2D eigenvalue weighted by atomic mass is 35.5. The molecular formula is C29H30ClN3O. The number of hydrogen-bond acceptors (Lipinski definition) is 2. The molecule has 1 heterocycles. The lowest BCUT2D eigenvalue weighted by Gasteiger charge is -2.30. The fraction of sp³-hybridized carbons (Fsp3) is 0.207. The lowest BCUT2D eigenvalue weighted by atomic mass is 9.86. The Hall–Kier alpha value is -3.34. The van der Waals surface area contributed by atoms with E-state index in [1.54, 1.807) is 0 Å². The van der Waals surface area contributed by atoms with Crippen LogP contribution in [0.25, 0.3) is 17.7 Å². The predicted molar refractivity (Wildman–Crippen MR) is 144 cm³/mol. The summed E-state index contributed by atoms with van der Waals surface area (Å²) in [6.45, 7) is 3.52. The average molecular weight is 472 g/mol. The van der Waals surface area contributed by atoms with Gasteiger partial charge in [0.1, 0.15) is 0 Å². The molecule has 4 nitrogen and oxygen atoms in total. The molecule has 5 heteroatoms. The molecule has 0 spiro atoms. The number of rotatable bonds is 4. The summed E-state index contributed by atoms with van der Waals surface area (Å²) in [7, 11) is 0. The number of urea groups is 1. The van der Waals surface area contributed by atoms with Gasteiger partial charge in [-0.25, -0.2) is 4.79 Å². The van der Waals surface area contributed by atoms with Crippen LogP contribution in [0.15, 0.2) is 84.4 Å². The van der Waals surface area contributed by atoms with Gasteiger partial charge in [0.25, 0.3) is 0 Å². The normalized spacial score (nSPS) is 14.9. The van der Waals surface area contributed by atoms with E-state index in [9.17, 15) is 4.79 Å². The van der Waals surface area contributed by atoms with Gasteiger partial charge in [0.15, 0.2) is 0 Å². The molecule has 2 aliphatic rings. The molecule has 2 amide bonds. The van der Waals surface area contributed by atoms with Crippen molar-refractivity contribution >= 4 is 41.9 Å². The van der Waals surface area contributed by atoms with Gasteiger partial charge in [-0.1, -0.05) is 84.5 Å². The zero-order chi connectivity index (χ0) is 22.5. The molecule has 1 saturated heterocycles. The van der Waals surface area contributed by atoms with E-state index in [0.717, 1.165) is 38.2 Å².